The van der Waals surface area contributed by atoms with E-state index in [1.165, 1.54) is 35.1 Å². The second kappa shape index (κ2) is 7.00. The fourth-order valence-corrected chi connectivity index (χ4v) is 2.91. The lowest BCUT2D eigenvalue weighted by Gasteiger charge is -2.23. The van der Waals surface area contributed by atoms with E-state index in [9.17, 15) is 5.11 Å². The molecule has 2 aromatic carbocycles. The van der Waals surface area contributed by atoms with E-state index in [2.05, 4.69) is 45.9 Å². The summed E-state index contributed by atoms with van der Waals surface area (Å²) in [6.45, 7) is 9.05. The molecule has 22 heavy (non-hydrogen) atoms. The second-order valence-electron chi connectivity index (χ2n) is 7.28. The topological polar surface area (TPSA) is 20.2 Å². The van der Waals surface area contributed by atoms with E-state index in [1.54, 1.807) is 12.1 Å². The molecule has 0 spiro atoms. The minimum absolute atomic E-state index is 0.207. The zero-order valence-corrected chi connectivity index (χ0v) is 14.3. The van der Waals surface area contributed by atoms with Crippen LogP contribution >= 0.6 is 0 Å². The molecule has 1 nitrogen and oxygen atoms in total. The summed E-state index contributed by atoms with van der Waals surface area (Å²) in [6, 6.07) is 14.4. The number of rotatable bonds is 5. The molecule has 118 valence electrons. The van der Waals surface area contributed by atoms with Gasteiger partial charge in [-0.05, 0) is 66.8 Å². The number of aryl methyl sites for hydroxylation is 3. The van der Waals surface area contributed by atoms with Crippen molar-refractivity contribution in [3.05, 3.63) is 64.7 Å². The van der Waals surface area contributed by atoms with Gasteiger partial charge in [0.25, 0.3) is 0 Å². The quantitative estimate of drug-likeness (QED) is 0.716. The van der Waals surface area contributed by atoms with Gasteiger partial charge in [-0.3, -0.25) is 0 Å². The van der Waals surface area contributed by atoms with Crippen LogP contribution in [0.1, 0.15) is 55.9 Å². The van der Waals surface area contributed by atoms with Crippen molar-refractivity contribution >= 4 is 0 Å². The van der Waals surface area contributed by atoms with Gasteiger partial charge in [0.05, 0.1) is 0 Å². The van der Waals surface area contributed by atoms with Gasteiger partial charge in [0.15, 0.2) is 0 Å². The number of hydrogen-bond acceptors (Lipinski definition) is 1. The lowest BCUT2D eigenvalue weighted by atomic mass is 9.81. The van der Waals surface area contributed by atoms with Gasteiger partial charge in [0.2, 0.25) is 0 Å². The summed E-state index contributed by atoms with van der Waals surface area (Å²) in [4.78, 5) is 0. The third-order valence-corrected chi connectivity index (χ3v) is 4.17. The van der Waals surface area contributed by atoms with Crippen LogP contribution in [0.4, 0.5) is 0 Å². The van der Waals surface area contributed by atoms with E-state index in [0.717, 1.165) is 12.8 Å². The standard InChI is InChI=1S/C21H28O/c1-16-9-12-18(20(15-16)21(2,3)4)8-6-5-7-17-10-13-19(22)14-11-17/h9-15,22H,5-8H2,1-4H3. The summed E-state index contributed by atoms with van der Waals surface area (Å²) >= 11 is 0. The molecular weight excluding hydrogens is 268 g/mol. The Morgan fingerprint density at radius 3 is 2.14 bits per heavy atom. The molecule has 0 aliphatic carbocycles. The molecule has 0 aliphatic heterocycles. The Morgan fingerprint density at radius 2 is 1.50 bits per heavy atom. The van der Waals surface area contributed by atoms with Crippen LogP contribution in [0.2, 0.25) is 0 Å². The molecule has 0 radical (unpaired) electrons. The van der Waals surface area contributed by atoms with Crippen molar-refractivity contribution in [2.24, 2.45) is 0 Å². The molecule has 0 saturated carbocycles. The van der Waals surface area contributed by atoms with Crippen molar-refractivity contribution in [1.29, 1.82) is 0 Å². The Balaban J connectivity index is 1.93. The first kappa shape index (κ1) is 16.6. The molecule has 2 rings (SSSR count). The molecule has 0 heterocycles. The summed E-state index contributed by atoms with van der Waals surface area (Å²) in [5.74, 6) is 0.346. The number of phenols is 1. The van der Waals surface area contributed by atoms with Crippen molar-refractivity contribution in [2.75, 3.05) is 0 Å². The molecule has 0 atom stereocenters. The van der Waals surface area contributed by atoms with Crippen molar-refractivity contribution in [3.63, 3.8) is 0 Å². The maximum Gasteiger partial charge on any atom is 0.115 e. The lowest BCUT2D eigenvalue weighted by molar-refractivity contribution is 0.475. The summed E-state index contributed by atoms with van der Waals surface area (Å²) in [5.41, 5.74) is 5.83. The van der Waals surface area contributed by atoms with Gasteiger partial charge in [-0.25, -0.2) is 0 Å². The summed E-state index contributed by atoms with van der Waals surface area (Å²) in [7, 11) is 0. The zero-order valence-electron chi connectivity index (χ0n) is 14.3. The average molecular weight is 296 g/mol. The van der Waals surface area contributed by atoms with Crippen LogP contribution in [0.3, 0.4) is 0 Å². The highest BCUT2D eigenvalue weighted by atomic mass is 16.3. The van der Waals surface area contributed by atoms with E-state index >= 15 is 0 Å². The largest absolute Gasteiger partial charge is 0.508 e. The van der Waals surface area contributed by atoms with E-state index in [-0.39, 0.29) is 5.41 Å². The van der Waals surface area contributed by atoms with Gasteiger partial charge in [-0.2, -0.15) is 0 Å². The monoisotopic (exact) mass is 296 g/mol. The summed E-state index contributed by atoms with van der Waals surface area (Å²) in [5, 5.41) is 9.31. The molecule has 1 heteroatoms. The number of phenolic OH excluding ortho intramolecular Hbond substituents is 1. The van der Waals surface area contributed by atoms with Crippen LogP contribution < -0.4 is 0 Å². The fourth-order valence-electron chi connectivity index (χ4n) is 2.91. The molecular formula is C21H28O. The van der Waals surface area contributed by atoms with Crippen molar-refractivity contribution in [1.82, 2.24) is 0 Å². The molecule has 1 N–H and O–H groups in total. The van der Waals surface area contributed by atoms with Gasteiger partial charge in [-0.1, -0.05) is 56.7 Å². The Labute approximate surface area is 135 Å². The minimum Gasteiger partial charge on any atom is -0.508 e. The summed E-state index contributed by atoms with van der Waals surface area (Å²) in [6.07, 6.45) is 4.61. The van der Waals surface area contributed by atoms with Crippen LogP contribution in [0.5, 0.6) is 5.75 Å². The number of hydrogen-bond donors (Lipinski definition) is 1. The molecule has 0 bridgehead atoms. The first-order valence-corrected chi connectivity index (χ1v) is 8.24. The summed E-state index contributed by atoms with van der Waals surface area (Å²) < 4.78 is 0. The first-order valence-electron chi connectivity index (χ1n) is 8.24. The molecule has 0 aliphatic rings. The minimum atomic E-state index is 0.207. The molecule has 0 saturated heterocycles. The molecule has 2 aromatic rings. The normalized spacial score (nSPS) is 11.6. The zero-order chi connectivity index (χ0) is 16.2. The van der Waals surface area contributed by atoms with Gasteiger partial charge in [-0.15, -0.1) is 0 Å². The SMILES string of the molecule is Cc1ccc(CCCCc2ccc(O)cc2)c(C(C)(C)C)c1. The van der Waals surface area contributed by atoms with E-state index in [1.807, 2.05) is 12.1 Å². The van der Waals surface area contributed by atoms with E-state index < -0.39 is 0 Å². The van der Waals surface area contributed by atoms with Gasteiger partial charge in [0, 0.05) is 0 Å². The lowest BCUT2D eigenvalue weighted by Crippen LogP contribution is -2.14. The Hall–Kier alpha value is -1.76. The highest BCUT2D eigenvalue weighted by Crippen LogP contribution is 2.28. The highest BCUT2D eigenvalue weighted by molar-refractivity contribution is 5.36. The van der Waals surface area contributed by atoms with Crippen molar-refractivity contribution < 1.29 is 5.11 Å². The Morgan fingerprint density at radius 1 is 0.864 bits per heavy atom. The Bertz CT molecular complexity index is 603. The molecule has 0 aromatic heterocycles. The maximum atomic E-state index is 9.31. The van der Waals surface area contributed by atoms with E-state index in [4.69, 9.17) is 0 Å². The third kappa shape index (κ3) is 4.62. The molecule has 0 fully saturated rings. The first-order chi connectivity index (χ1) is 10.4. The molecule has 0 unspecified atom stereocenters. The number of benzene rings is 2. The van der Waals surface area contributed by atoms with E-state index in [0.29, 0.717) is 5.75 Å². The second-order valence-corrected chi connectivity index (χ2v) is 7.28. The van der Waals surface area contributed by atoms with Gasteiger partial charge >= 0.3 is 0 Å². The predicted octanol–water partition coefficient (Wildman–Crippen LogP) is 5.56. The van der Waals surface area contributed by atoms with Gasteiger partial charge in [0.1, 0.15) is 5.75 Å². The molecule has 0 amide bonds. The highest BCUT2D eigenvalue weighted by Gasteiger charge is 2.17. The van der Waals surface area contributed by atoms with Crippen LogP contribution in [-0.4, -0.2) is 5.11 Å². The Kier molecular flexibility index (Phi) is 5.28. The number of unbranched alkanes of at least 4 members (excludes halogenated alkanes) is 1. The van der Waals surface area contributed by atoms with Crippen molar-refractivity contribution in [2.45, 2.75) is 58.8 Å². The fraction of sp³-hybridized carbons (Fsp3) is 0.429. The van der Waals surface area contributed by atoms with Crippen LogP contribution in [0, 0.1) is 6.92 Å². The third-order valence-electron chi connectivity index (χ3n) is 4.17. The van der Waals surface area contributed by atoms with Crippen LogP contribution in [0.15, 0.2) is 42.5 Å². The van der Waals surface area contributed by atoms with Gasteiger partial charge < -0.3 is 5.11 Å². The van der Waals surface area contributed by atoms with Crippen LogP contribution in [-0.2, 0) is 18.3 Å². The predicted molar refractivity (Wildman–Crippen MR) is 94.6 cm³/mol. The maximum absolute atomic E-state index is 9.31. The van der Waals surface area contributed by atoms with Crippen molar-refractivity contribution in [3.8, 4) is 5.75 Å². The van der Waals surface area contributed by atoms with Crippen LogP contribution in [0.25, 0.3) is 0 Å². The number of aromatic hydroxyl groups is 1. The average Bonchev–Trinajstić information content (AvgIpc) is 2.45. The smallest absolute Gasteiger partial charge is 0.115 e.